The molecule has 0 fully saturated rings. The Balaban J connectivity index is 2.39. The van der Waals surface area contributed by atoms with Crippen molar-refractivity contribution in [3.8, 4) is 0 Å². The van der Waals surface area contributed by atoms with Crippen LogP contribution in [0.1, 0.15) is 26.2 Å². The second-order valence-electron chi connectivity index (χ2n) is 3.61. The molecule has 0 unspecified atom stereocenters. The van der Waals surface area contributed by atoms with Gasteiger partial charge in [-0.3, -0.25) is 4.79 Å². The number of carbonyl (C=O) groups excluding carboxylic acids is 1. The minimum absolute atomic E-state index is 0.105. The molecule has 3 nitrogen and oxygen atoms in total. The van der Waals surface area contributed by atoms with Gasteiger partial charge in [-0.25, -0.2) is 4.39 Å². The molecule has 0 aliphatic heterocycles. The van der Waals surface area contributed by atoms with Gasteiger partial charge < -0.3 is 10.6 Å². The molecule has 0 spiro atoms. The van der Waals surface area contributed by atoms with Gasteiger partial charge in [0.2, 0.25) is 5.91 Å². The Morgan fingerprint density at radius 2 is 2.00 bits per heavy atom. The van der Waals surface area contributed by atoms with Crippen LogP contribution in [0.2, 0.25) is 0 Å². The molecule has 5 heteroatoms. The maximum absolute atomic E-state index is 12.6. The molecule has 0 bridgehead atoms. The average Bonchev–Trinajstić information content (AvgIpc) is 2.29. The minimum atomic E-state index is -0.312. The molecule has 1 aromatic carbocycles. The Labute approximate surface area is 105 Å². The molecule has 0 aliphatic carbocycles. The Morgan fingerprint density at radius 3 is 2.59 bits per heavy atom. The van der Waals surface area contributed by atoms with Crippen LogP contribution in [-0.4, -0.2) is 11.0 Å². The second-order valence-corrected chi connectivity index (χ2v) is 4.02. The summed E-state index contributed by atoms with van der Waals surface area (Å²) in [5.41, 5.74) is 0.646. The molecule has 0 saturated carbocycles. The van der Waals surface area contributed by atoms with Gasteiger partial charge in [0.1, 0.15) is 5.82 Å². The monoisotopic (exact) mass is 254 g/mol. The van der Waals surface area contributed by atoms with Crippen molar-refractivity contribution in [2.75, 3.05) is 5.32 Å². The number of halogens is 1. The van der Waals surface area contributed by atoms with Gasteiger partial charge in [-0.2, -0.15) is 0 Å². The lowest BCUT2D eigenvalue weighted by Crippen LogP contribution is -2.33. The number of amides is 1. The molecule has 0 aliphatic rings. The maximum atomic E-state index is 12.6. The third-order valence-electron chi connectivity index (χ3n) is 2.11. The van der Waals surface area contributed by atoms with Crippen LogP contribution in [0.3, 0.4) is 0 Å². The predicted octanol–water partition coefficient (Wildman–Crippen LogP) is 2.83. The van der Waals surface area contributed by atoms with Crippen LogP contribution in [-0.2, 0) is 4.79 Å². The van der Waals surface area contributed by atoms with Crippen LogP contribution in [0, 0.1) is 5.82 Å². The summed E-state index contributed by atoms with van der Waals surface area (Å²) in [6, 6.07) is 5.76. The fourth-order valence-corrected chi connectivity index (χ4v) is 1.45. The van der Waals surface area contributed by atoms with Crippen molar-refractivity contribution in [3.05, 3.63) is 30.1 Å². The number of thiocarbonyl (C=S) groups is 1. The highest BCUT2D eigenvalue weighted by molar-refractivity contribution is 7.80. The van der Waals surface area contributed by atoms with Crippen molar-refractivity contribution in [2.45, 2.75) is 26.2 Å². The molecule has 0 aromatic heterocycles. The maximum Gasteiger partial charge on any atom is 0.226 e. The Kier molecular flexibility index (Phi) is 5.56. The van der Waals surface area contributed by atoms with E-state index in [1.54, 1.807) is 12.1 Å². The first-order chi connectivity index (χ1) is 8.11. The van der Waals surface area contributed by atoms with Crippen LogP contribution in [0.4, 0.5) is 10.1 Å². The summed E-state index contributed by atoms with van der Waals surface area (Å²) in [5, 5.41) is 5.61. The summed E-state index contributed by atoms with van der Waals surface area (Å²) >= 11 is 4.96. The molecule has 0 heterocycles. The van der Waals surface area contributed by atoms with E-state index < -0.39 is 0 Å². The third kappa shape index (κ3) is 5.40. The van der Waals surface area contributed by atoms with E-state index in [2.05, 4.69) is 10.6 Å². The van der Waals surface area contributed by atoms with E-state index in [1.165, 1.54) is 12.1 Å². The number of hydrogen-bond acceptors (Lipinski definition) is 2. The molecule has 1 amide bonds. The predicted molar refractivity (Wildman–Crippen MR) is 70.3 cm³/mol. The number of rotatable bonds is 4. The standard InChI is InChI=1S/C12H15FN2OS/c1-2-3-4-11(16)15-12(17)14-10-7-5-9(13)6-8-10/h5-8H,2-4H2,1H3,(H2,14,15,16,17). The molecule has 17 heavy (non-hydrogen) atoms. The van der Waals surface area contributed by atoms with E-state index >= 15 is 0 Å². The van der Waals surface area contributed by atoms with Gasteiger partial charge in [0.05, 0.1) is 0 Å². The van der Waals surface area contributed by atoms with Crippen LogP contribution < -0.4 is 10.6 Å². The average molecular weight is 254 g/mol. The van der Waals surface area contributed by atoms with Crippen molar-refractivity contribution in [1.29, 1.82) is 0 Å². The van der Waals surface area contributed by atoms with Gasteiger partial charge in [-0.05, 0) is 42.9 Å². The first-order valence-corrected chi connectivity index (χ1v) is 5.89. The number of hydrogen-bond donors (Lipinski definition) is 2. The van der Waals surface area contributed by atoms with Gasteiger partial charge in [0.25, 0.3) is 0 Å². The quantitative estimate of drug-likeness (QED) is 0.812. The van der Waals surface area contributed by atoms with Crippen LogP contribution in [0.25, 0.3) is 0 Å². The van der Waals surface area contributed by atoms with E-state index in [9.17, 15) is 9.18 Å². The van der Waals surface area contributed by atoms with E-state index in [4.69, 9.17) is 12.2 Å². The Bertz CT molecular complexity index is 392. The molecule has 2 N–H and O–H groups in total. The van der Waals surface area contributed by atoms with E-state index in [0.29, 0.717) is 12.1 Å². The highest BCUT2D eigenvalue weighted by Gasteiger charge is 2.03. The number of anilines is 1. The molecule has 1 rings (SSSR count). The summed E-state index contributed by atoms with van der Waals surface area (Å²) in [7, 11) is 0. The molecular weight excluding hydrogens is 239 g/mol. The lowest BCUT2D eigenvalue weighted by molar-refractivity contribution is -0.119. The summed E-state index contributed by atoms with van der Waals surface area (Å²) in [6.45, 7) is 2.02. The molecule has 0 atom stereocenters. The number of carbonyl (C=O) groups is 1. The fourth-order valence-electron chi connectivity index (χ4n) is 1.22. The highest BCUT2D eigenvalue weighted by Crippen LogP contribution is 2.07. The molecule has 0 radical (unpaired) electrons. The van der Waals surface area contributed by atoms with Crippen LogP contribution >= 0.6 is 12.2 Å². The zero-order valence-electron chi connectivity index (χ0n) is 9.63. The molecular formula is C12H15FN2OS. The first-order valence-electron chi connectivity index (χ1n) is 5.48. The summed E-state index contributed by atoms with van der Waals surface area (Å²) in [6.07, 6.45) is 2.26. The first kappa shape index (κ1) is 13.6. The van der Waals surface area contributed by atoms with Gasteiger partial charge in [-0.15, -0.1) is 0 Å². The lowest BCUT2D eigenvalue weighted by atomic mass is 10.2. The van der Waals surface area contributed by atoms with Gasteiger partial charge >= 0.3 is 0 Å². The van der Waals surface area contributed by atoms with Crippen LogP contribution in [0.5, 0.6) is 0 Å². The smallest absolute Gasteiger partial charge is 0.226 e. The van der Waals surface area contributed by atoms with E-state index in [0.717, 1.165) is 12.8 Å². The van der Waals surface area contributed by atoms with Crippen molar-refractivity contribution >= 4 is 28.9 Å². The SMILES string of the molecule is CCCCC(=O)NC(=S)Nc1ccc(F)cc1. The third-order valence-corrected chi connectivity index (χ3v) is 2.32. The second kappa shape index (κ2) is 6.96. The normalized spacial score (nSPS) is 9.76. The minimum Gasteiger partial charge on any atom is -0.332 e. The van der Waals surface area contributed by atoms with Crippen molar-refractivity contribution in [3.63, 3.8) is 0 Å². The highest BCUT2D eigenvalue weighted by atomic mass is 32.1. The fraction of sp³-hybridized carbons (Fsp3) is 0.333. The number of unbranched alkanes of at least 4 members (excludes halogenated alkanes) is 1. The zero-order valence-corrected chi connectivity index (χ0v) is 10.4. The molecule has 0 saturated heterocycles. The largest absolute Gasteiger partial charge is 0.332 e. The van der Waals surface area contributed by atoms with Crippen molar-refractivity contribution < 1.29 is 9.18 Å². The Morgan fingerprint density at radius 1 is 1.35 bits per heavy atom. The summed E-state index contributed by atoms with van der Waals surface area (Å²) < 4.78 is 12.6. The summed E-state index contributed by atoms with van der Waals surface area (Å²) in [4.78, 5) is 11.4. The number of benzene rings is 1. The zero-order chi connectivity index (χ0) is 12.7. The van der Waals surface area contributed by atoms with Gasteiger partial charge in [0.15, 0.2) is 5.11 Å². The van der Waals surface area contributed by atoms with Gasteiger partial charge in [-0.1, -0.05) is 13.3 Å². The van der Waals surface area contributed by atoms with Crippen molar-refractivity contribution in [2.24, 2.45) is 0 Å². The Hall–Kier alpha value is -1.49. The van der Waals surface area contributed by atoms with E-state index in [-0.39, 0.29) is 16.8 Å². The van der Waals surface area contributed by atoms with Crippen molar-refractivity contribution in [1.82, 2.24) is 5.32 Å². The summed E-state index contributed by atoms with van der Waals surface area (Å²) in [5.74, 6) is -0.417. The molecule has 92 valence electrons. The van der Waals surface area contributed by atoms with Gasteiger partial charge in [0, 0.05) is 12.1 Å². The van der Waals surface area contributed by atoms with E-state index in [1.807, 2.05) is 6.92 Å². The lowest BCUT2D eigenvalue weighted by Gasteiger charge is -2.09. The molecule has 1 aromatic rings. The number of nitrogens with one attached hydrogen (secondary N) is 2. The topological polar surface area (TPSA) is 41.1 Å². The van der Waals surface area contributed by atoms with Crippen LogP contribution in [0.15, 0.2) is 24.3 Å².